The minimum absolute atomic E-state index is 0.231. The predicted octanol–water partition coefficient (Wildman–Crippen LogP) is 1.38. The van der Waals surface area contributed by atoms with Gasteiger partial charge >= 0.3 is 0 Å². The van der Waals surface area contributed by atoms with E-state index < -0.39 is 17.7 Å². The van der Waals surface area contributed by atoms with Crippen molar-refractivity contribution < 1.29 is 18.6 Å². The molecule has 0 saturated carbocycles. The zero-order valence-electron chi connectivity index (χ0n) is 9.33. The standard InChI is InChI=1S/C12H15F2NO2/c13-10-2-1-8(5-11(10)14)12(16)6-15-9-3-4-17-7-9/h1-2,5,9,12,15-16H,3-4,6-7H2. The molecule has 1 aromatic rings. The molecule has 0 bridgehead atoms. The minimum Gasteiger partial charge on any atom is -0.387 e. The molecule has 0 radical (unpaired) electrons. The van der Waals surface area contributed by atoms with Crippen molar-refractivity contribution in [3.05, 3.63) is 35.4 Å². The second-order valence-corrected chi connectivity index (χ2v) is 4.16. The summed E-state index contributed by atoms with van der Waals surface area (Å²) < 4.78 is 30.8. The lowest BCUT2D eigenvalue weighted by molar-refractivity contribution is 0.160. The quantitative estimate of drug-likeness (QED) is 0.839. The van der Waals surface area contributed by atoms with Crippen molar-refractivity contribution in [2.24, 2.45) is 0 Å². The minimum atomic E-state index is -0.939. The number of aliphatic hydroxyl groups is 1. The molecule has 1 aliphatic heterocycles. The van der Waals surface area contributed by atoms with Crippen LogP contribution in [0.2, 0.25) is 0 Å². The number of hydrogen-bond acceptors (Lipinski definition) is 3. The van der Waals surface area contributed by atoms with Crippen LogP contribution in [-0.4, -0.2) is 30.9 Å². The van der Waals surface area contributed by atoms with Gasteiger partial charge in [-0.1, -0.05) is 6.07 Å². The van der Waals surface area contributed by atoms with Gasteiger partial charge in [0.25, 0.3) is 0 Å². The summed E-state index contributed by atoms with van der Waals surface area (Å²) in [5.41, 5.74) is 0.371. The van der Waals surface area contributed by atoms with Crippen molar-refractivity contribution in [1.29, 1.82) is 0 Å². The van der Waals surface area contributed by atoms with Crippen LogP contribution in [0.3, 0.4) is 0 Å². The van der Waals surface area contributed by atoms with Crippen LogP contribution < -0.4 is 5.32 Å². The van der Waals surface area contributed by atoms with Gasteiger partial charge in [-0.25, -0.2) is 8.78 Å². The largest absolute Gasteiger partial charge is 0.387 e. The van der Waals surface area contributed by atoms with Crippen LogP contribution in [0.25, 0.3) is 0 Å². The van der Waals surface area contributed by atoms with E-state index in [1.54, 1.807) is 0 Å². The number of rotatable bonds is 4. The lowest BCUT2D eigenvalue weighted by atomic mass is 10.1. The molecule has 2 atom stereocenters. The second kappa shape index (κ2) is 5.53. The smallest absolute Gasteiger partial charge is 0.159 e. The number of aliphatic hydroxyl groups excluding tert-OH is 1. The number of ether oxygens (including phenoxy) is 1. The zero-order valence-corrected chi connectivity index (χ0v) is 9.33. The molecule has 94 valence electrons. The van der Waals surface area contributed by atoms with Gasteiger partial charge in [0.1, 0.15) is 0 Å². The van der Waals surface area contributed by atoms with Crippen molar-refractivity contribution in [2.45, 2.75) is 18.6 Å². The molecular weight excluding hydrogens is 228 g/mol. The van der Waals surface area contributed by atoms with Crippen LogP contribution in [0, 0.1) is 11.6 Å². The Morgan fingerprint density at radius 2 is 2.24 bits per heavy atom. The SMILES string of the molecule is OC(CNC1CCOC1)c1ccc(F)c(F)c1. The Morgan fingerprint density at radius 3 is 2.88 bits per heavy atom. The van der Waals surface area contributed by atoms with Gasteiger partial charge in [0.2, 0.25) is 0 Å². The van der Waals surface area contributed by atoms with E-state index in [0.717, 1.165) is 25.2 Å². The average molecular weight is 243 g/mol. The Balaban J connectivity index is 1.89. The van der Waals surface area contributed by atoms with Gasteiger partial charge in [0.15, 0.2) is 11.6 Å². The Morgan fingerprint density at radius 1 is 1.41 bits per heavy atom. The molecule has 3 nitrogen and oxygen atoms in total. The lowest BCUT2D eigenvalue weighted by Crippen LogP contribution is -2.32. The molecule has 5 heteroatoms. The maximum absolute atomic E-state index is 13.0. The molecule has 0 amide bonds. The number of nitrogens with one attached hydrogen (secondary N) is 1. The van der Waals surface area contributed by atoms with E-state index >= 15 is 0 Å². The van der Waals surface area contributed by atoms with Crippen LogP contribution in [0.5, 0.6) is 0 Å². The summed E-state index contributed by atoms with van der Waals surface area (Å²) in [6.07, 6.45) is 0.0653. The van der Waals surface area contributed by atoms with Gasteiger partial charge in [0, 0.05) is 19.2 Å². The molecular formula is C12H15F2NO2. The van der Waals surface area contributed by atoms with Gasteiger partial charge in [-0.3, -0.25) is 0 Å². The highest BCUT2D eigenvalue weighted by Gasteiger charge is 2.17. The fraction of sp³-hybridized carbons (Fsp3) is 0.500. The lowest BCUT2D eigenvalue weighted by Gasteiger charge is -2.15. The van der Waals surface area contributed by atoms with E-state index in [2.05, 4.69) is 5.32 Å². The molecule has 1 aliphatic rings. The molecule has 2 rings (SSSR count). The van der Waals surface area contributed by atoms with E-state index in [4.69, 9.17) is 4.74 Å². The monoisotopic (exact) mass is 243 g/mol. The molecule has 1 saturated heterocycles. The maximum Gasteiger partial charge on any atom is 0.159 e. The number of benzene rings is 1. The van der Waals surface area contributed by atoms with Crippen LogP contribution in [0.1, 0.15) is 18.1 Å². The Labute approximate surface area is 98.4 Å². The molecule has 2 N–H and O–H groups in total. The summed E-state index contributed by atoms with van der Waals surface area (Å²) in [4.78, 5) is 0. The molecule has 1 aromatic carbocycles. The molecule has 1 heterocycles. The van der Waals surface area contributed by atoms with E-state index in [1.807, 2.05) is 0 Å². The summed E-state index contributed by atoms with van der Waals surface area (Å²) in [5.74, 6) is -1.84. The van der Waals surface area contributed by atoms with E-state index in [9.17, 15) is 13.9 Å². The second-order valence-electron chi connectivity index (χ2n) is 4.16. The molecule has 17 heavy (non-hydrogen) atoms. The fourth-order valence-corrected chi connectivity index (χ4v) is 1.81. The summed E-state index contributed by atoms with van der Waals surface area (Å²) in [6.45, 7) is 1.66. The third-order valence-corrected chi connectivity index (χ3v) is 2.86. The first-order valence-corrected chi connectivity index (χ1v) is 5.61. The first-order valence-electron chi connectivity index (χ1n) is 5.61. The van der Waals surface area contributed by atoms with Crippen LogP contribution in [-0.2, 0) is 4.74 Å². The summed E-state index contributed by atoms with van der Waals surface area (Å²) in [5, 5.41) is 12.9. The van der Waals surface area contributed by atoms with Crippen molar-refractivity contribution in [1.82, 2.24) is 5.32 Å². The van der Waals surface area contributed by atoms with Gasteiger partial charge in [-0.05, 0) is 24.1 Å². The first-order chi connectivity index (χ1) is 8.16. The van der Waals surface area contributed by atoms with Gasteiger partial charge < -0.3 is 15.2 Å². The van der Waals surface area contributed by atoms with Crippen LogP contribution in [0.4, 0.5) is 8.78 Å². The maximum atomic E-state index is 13.0. The highest BCUT2D eigenvalue weighted by Crippen LogP contribution is 2.16. The third-order valence-electron chi connectivity index (χ3n) is 2.86. The highest BCUT2D eigenvalue weighted by atomic mass is 19.2. The third kappa shape index (κ3) is 3.21. The molecule has 0 aromatic heterocycles. The van der Waals surface area contributed by atoms with Crippen molar-refractivity contribution in [3.63, 3.8) is 0 Å². The first kappa shape index (κ1) is 12.4. The zero-order chi connectivity index (χ0) is 12.3. The predicted molar refractivity (Wildman–Crippen MR) is 58.5 cm³/mol. The number of hydrogen-bond donors (Lipinski definition) is 2. The van der Waals surface area contributed by atoms with Crippen LogP contribution in [0.15, 0.2) is 18.2 Å². The summed E-state index contributed by atoms with van der Waals surface area (Å²) >= 11 is 0. The van der Waals surface area contributed by atoms with E-state index in [1.165, 1.54) is 6.07 Å². The highest BCUT2D eigenvalue weighted by molar-refractivity contribution is 5.20. The molecule has 2 unspecified atom stereocenters. The van der Waals surface area contributed by atoms with Gasteiger partial charge in [-0.15, -0.1) is 0 Å². The van der Waals surface area contributed by atoms with E-state index in [-0.39, 0.29) is 6.04 Å². The number of halogens is 2. The van der Waals surface area contributed by atoms with Crippen LogP contribution >= 0.6 is 0 Å². The topological polar surface area (TPSA) is 41.5 Å². The summed E-state index contributed by atoms with van der Waals surface area (Å²) in [6, 6.07) is 3.66. The molecule has 0 spiro atoms. The summed E-state index contributed by atoms with van der Waals surface area (Å²) in [7, 11) is 0. The fourth-order valence-electron chi connectivity index (χ4n) is 1.81. The van der Waals surface area contributed by atoms with Gasteiger partial charge in [-0.2, -0.15) is 0 Å². The van der Waals surface area contributed by atoms with Crippen molar-refractivity contribution in [3.8, 4) is 0 Å². The van der Waals surface area contributed by atoms with Gasteiger partial charge in [0.05, 0.1) is 12.7 Å². The average Bonchev–Trinajstić information content (AvgIpc) is 2.82. The van der Waals surface area contributed by atoms with Crippen molar-refractivity contribution >= 4 is 0 Å². The Hall–Kier alpha value is -1.04. The van der Waals surface area contributed by atoms with Crippen molar-refractivity contribution in [2.75, 3.05) is 19.8 Å². The molecule has 0 aliphatic carbocycles. The molecule has 1 fully saturated rings. The van der Waals surface area contributed by atoms with E-state index in [0.29, 0.717) is 18.7 Å². The Kier molecular flexibility index (Phi) is 4.04. The normalized spacial score (nSPS) is 21.7. The Bertz CT molecular complexity index is 381.